The first-order chi connectivity index (χ1) is 46.1. The van der Waals surface area contributed by atoms with Crippen LogP contribution >= 0.6 is 0 Å². The maximum atomic E-state index is 14.1. The van der Waals surface area contributed by atoms with Crippen molar-refractivity contribution in [3.8, 4) is 22.9 Å². The first-order valence-electron chi connectivity index (χ1n) is 32.0. The summed E-state index contributed by atoms with van der Waals surface area (Å²) < 4.78 is 67.3. The number of fused-ring (bicyclic) bond motifs is 6. The van der Waals surface area contributed by atoms with Crippen molar-refractivity contribution in [2.45, 2.75) is 117 Å². The predicted molar refractivity (Wildman–Crippen MR) is 338 cm³/mol. The standard InChI is InChI=1S/C64H89N9O23/c1-39(2)55(71-52(75)12-16-85-18-20-87-22-24-89-26-28-91-30-31-92-29-27-90-25-23-88-21-19-86-17-14-65-51(74)11-15-72-53(76)9-10-54(72)77)60(81)70-46(8-7-13-66-63(84)96-64(4,5)6)59(80)68-40(3)58(79)67-35-43-41-33-49-50(95-38-94-49)34-47(41)69-56-44(43)36-73-48(56)32-42-45(61(73)82)37-93-62(83)57(42)78/h9-10,32-34,39-40,46,55,57,78H,7-8,11-31,35-38H2,1-6H3,(H,65,74)(H,66,84)(H,67,79)(H,68,80)(H,70,81)(H,71,75)/t40-,46+,55+,57?/m1/s1. The second-order valence-electron chi connectivity index (χ2n) is 23.8. The number of pyridine rings is 2. The average Bonchev–Trinajstić information content (AvgIpc) is 1.54. The fourth-order valence-corrected chi connectivity index (χ4v) is 10.2. The molecule has 0 bridgehead atoms. The van der Waals surface area contributed by atoms with E-state index in [1.807, 2.05) is 0 Å². The third-order valence-corrected chi connectivity index (χ3v) is 15.1. The van der Waals surface area contributed by atoms with E-state index < -0.39 is 88.8 Å². The fraction of sp³-hybridized carbons (Fsp3) is 0.609. The van der Waals surface area contributed by atoms with Crippen molar-refractivity contribution in [1.82, 2.24) is 46.4 Å². The summed E-state index contributed by atoms with van der Waals surface area (Å²) in [5.74, 6) is -4.03. The quantitative estimate of drug-likeness (QED) is 0.0177. The Morgan fingerprint density at radius 2 is 1.21 bits per heavy atom. The molecule has 528 valence electrons. The Bertz CT molecular complexity index is 3280. The minimum Gasteiger partial charge on any atom is -0.458 e. The van der Waals surface area contributed by atoms with Crippen LogP contribution in [0.1, 0.15) is 95.6 Å². The SMILES string of the molecule is CC(C)[C@H](NC(=O)CCOCCOCCOCCOCCOCCOCCOCCOCCNC(=O)CCN1C(=O)C=CC1=O)C(=O)N[C@@H](CCCNC(=O)OC(C)(C)C)C(=O)N[C@H](C)C(=O)NCc1c2c(nc3cc4c(cc13)OCO4)-c1cc3c(c(=O)n1C2)COC(=O)C3O. The van der Waals surface area contributed by atoms with Gasteiger partial charge in [-0.15, -0.1) is 0 Å². The van der Waals surface area contributed by atoms with Gasteiger partial charge in [-0.05, 0) is 64.2 Å². The van der Waals surface area contributed by atoms with E-state index in [1.54, 1.807) is 52.8 Å². The number of nitrogens with zero attached hydrogens (tertiary/aromatic N) is 3. The lowest BCUT2D eigenvalue weighted by atomic mass is 9.98. The second kappa shape index (κ2) is 37.9. The molecule has 0 spiro atoms. The van der Waals surface area contributed by atoms with Gasteiger partial charge < -0.3 is 98.4 Å². The van der Waals surface area contributed by atoms with Gasteiger partial charge in [0.25, 0.3) is 17.4 Å². The molecule has 7 N–H and O–H groups in total. The number of benzene rings is 1. The molecule has 7 rings (SSSR count). The molecule has 6 heterocycles. The Hall–Kier alpha value is -8.21. The van der Waals surface area contributed by atoms with Crippen LogP contribution in [0.4, 0.5) is 4.79 Å². The average molecular weight is 1350 g/mol. The summed E-state index contributed by atoms with van der Waals surface area (Å²) in [6, 6.07) is 1.47. The van der Waals surface area contributed by atoms with Crippen molar-refractivity contribution in [3.05, 3.63) is 63.0 Å². The number of cyclic esters (lactones) is 1. The Balaban J connectivity index is 0.750. The summed E-state index contributed by atoms with van der Waals surface area (Å²) >= 11 is 0. The van der Waals surface area contributed by atoms with Crippen LogP contribution in [0.25, 0.3) is 22.3 Å². The van der Waals surface area contributed by atoms with Crippen molar-refractivity contribution < 1.29 is 105 Å². The number of hydrogen-bond acceptors (Lipinski definition) is 24. The van der Waals surface area contributed by atoms with Gasteiger partial charge in [-0.3, -0.25) is 43.3 Å². The van der Waals surface area contributed by atoms with Gasteiger partial charge in [0.05, 0.1) is 135 Å². The number of rotatable bonds is 43. The highest BCUT2D eigenvalue weighted by Gasteiger charge is 2.36. The van der Waals surface area contributed by atoms with Crippen LogP contribution in [-0.2, 0) is 105 Å². The molecule has 0 radical (unpaired) electrons. The Morgan fingerprint density at radius 1 is 0.635 bits per heavy atom. The maximum absolute atomic E-state index is 14.1. The van der Waals surface area contributed by atoms with E-state index in [1.165, 1.54) is 23.6 Å². The molecule has 4 aliphatic rings. The number of aromatic nitrogens is 2. The summed E-state index contributed by atoms with van der Waals surface area (Å²) in [7, 11) is 0. The number of hydrogen-bond donors (Lipinski definition) is 7. The number of aliphatic hydroxyl groups excluding tert-OH is 1. The van der Waals surface area contributed by atoms with Gasteiger partial charge in [0.2, 0.25) is 36.3 Å². The van der Waals surface area contributed by atoms with Gasteiger partial charge in [0, 0.05) is 73.8 Å². The van der Waals surface area contributed by atoms with Crippen LogP contribution in [0.2, 0.25) is 0 Å². The first kappa shape index (κ1) is 75.2. The van der Waals surface area contributed by atoms with E-state index in [-0.39, 0.29) is 102 Å². The van der Waals surface area contributed by atoms with Crippen LogP contribution in [0.5, 0.6) is 11.5 Å². The molecular formula is C64H89N9O23. The lowest BCUT2D eigenvalue weighted by Crippen LogP contribution is -2.57. The Labute approximate surface area is 554 Å². The van der Waals surface area contributed by atoms with E-state index in [0.29, 0.717) is 137 Å². The van der Waals surface area contributed by atoms with E-state index >= 15 is 0 Å². The summed E-state index contributed by atoms with van der Waals surface area (Å²) in [4.78, 5) is 135. The van der Waals surface area contributed by atoms with Crippen molar-refractivity contribution >= 4 is 64.3 Å². The van der Waals surface area contributed by atoms with Crippen LogP contribution in [0.15, 0.2) is 35.1 Å². The molecule has 8 amide bonds. The zero-order chi connectivity index (χ0) is 69.2. The van der Waals surface area contributed by atoms with E-state index in [0.717, 1.165) is 4.90 Å². The van der Waals surface area contributed by atoms with Crippen LogP contribution in [0.3, 0.4) is 0 Å². The number of alkyl carbamates (subject to hydrolysis) is 1. The van der Waals surface area contributed by atoms with Gasteiger partial charge in [0.1, 0.15) is 30.3 Å². The molecule has 2 aromatic heterocycles. The molecule has 96 heavy (non-hydrogen) atoms. The summed E-state index contributed by atoms with van der Waals surface area (Å²) in [6.07, 6.45) is 0.151. The molecule has 3 aromatic rings. The molecule has 4 atom stereocenters. The summed E-state index contributed by atoms with van der Waals surface area (Å²) in [5.41, 5.74) is 1.35. The highest BCUT2D eigenvalue weighted by molar-refractivity contribution is 6.13. The van der Waals surface area contributed by atoms with Crippen LogP contribution in [0, 0.1) is 5.92 Å². The number of nitrogens with one attached hydrogen (secondary N) is 6. The van der Waals surface area contributed by atoms with E-state index in [4.69, 9.17) is 61.8 Å². The zero-order valence-electron chi connectivity index (χ0n) is 55.1. The molecule has 0 aliphatic carbocycles. The van der Waals surface area contributed by atoms with Gasteiger partial charge >= 0.3 is 12.1 Å². The molecule has 1 aromatic carbocycles. The predicted octanol–water partition coefficient (Wildman–Crippen LogP) is 0.250. The van der Waals surface area contributed by atoms with Gasteiger partial charge in [-0.1, -0.05) is 13.8 Å². The monoisotopic (exact) mass is 1350 g/mol. The smallest absolute Gasteiger partial charge is 0.407 e. The summed E-state index contributed by atoms with van der Waals surface area (Å²) in [5, 5.41) is 27.7. The summed E-state index contributed by atoms with van der Waals surface area (Å²) in [6.45, 7) is 15.2. The van der Waals surface area contributed by atoms with E-state index in [2.05, 4.69) is 31.9 Å². The molecule has 0 fully saturated rings. The Kier molecular flexibility index (Phi) is 29.7. The van der Waals surface area contributed by atoms with Crippen molar-refractivity contribution in [1.29, 1.82) is 0 Å². The lowest BCUT2D eigenvalue weighted by Gasteiger charge is -2.26. The number of carbonyl (C=O) groups is 9. The third-order valence-electron chi connectivity index (χ3n) is 15.1. The highest BCUT2D eigenvalue weighted by Crippen LogP contribution is 2.42. The number of imide groups is 1. The molecule has 32 nitrogen and oxygen atoms in total. The number of amides is 8. The molecule has 4 aliphatic heterocycles. The van der Waals surface area contributed by atoms with Crippen LogP contribution < -0.4 is 46.9 Å². The number of aliphatic hydroxyl groups is 1. The van der Waals surface area contributed by atoms with Crippen molar-refractivity contribution in [2.24, 2.45) is 5.92 Å². The van der Waals surface area contributed by atoms with Gasteiger partial charge in [-0.25, -0.2) is 14.6 Å². The zero-order valence-corrected chi connectivity index (χ0v) is 55.1. The number of ether oxygens (including phenoxy) is 12. The fourth-order valence-electron chi connectivity index (χ4n) is 10.2. The minimum absolute atomic E-state index is 0.00532. The number of carbonyl (C=O) groups excluding carboxylic acids is 9. The first-order valence-corrected chi connectivity index (χ1v) is 32.0. The Morgan fingerprint density at radius 3 is 1.79 bits per heavy atom. The largest absolute Gasteiger partial charge is 0.458 e. The maximum Gasteiger partial charge on any atom is 0.407 e. The van der Waals surface area contributed by atoms with E-state index in [9.17, 15) is 53.1 Å². The van der Waals surface area contributed by atoms with Crippen molar-refractivity contribution in [2.75, 3.05) is 132 Å². The number of esters is 1. The third kappa shape index (κ3) is 23.0. The molecule has 0 saturated carbocycles. The van der Waals surface area contributed by atoms with Gasteiger partial charge in [-0.2, -0.15) is 0 Å². The van der Waals surface area contributed by atoms with Gasteiger partial charge in [0.15, 0.2) is 17.6 Å². The second-order valence-corrected chi connectivity index (χ2v) is 23.8. The highest BCUT2D eigenvalue weighted by atomic mass is 16.7. The normalized spacial score (nSPS) is 15.4. The van der Waals surface area contributed by atoms with Crippen molar-refractivity contribution in [3.63, 3.8) is 0 Å². The lowest BCUT2D eigenvalue weighted by molar-refractivity contribution is -0.157. The topological polar surface area (TPSA) is 395 Å². The molecule has 32 heteroatoms. The minimum atomic E-state index is -1.67. The molecule has 1 unspecified atom stereocenters. The van der Waals surface area contributed by atoms with Crippen LogP contribution in [-0.4, -0.2) is 229 Å². The molecular weight excluding hydrogens is 1260 g/mol. The molecule has 0 saturated heterocycles.